The van der Waals surface area contributed by atoms with Gasteiger partial charge in [0.05, 0.1) is 17.0 Å². The molecule has 0 N–H and O–H groups in total. The summed E-state index contributed by atoms with van der Waals surface area (Å²) in [5, 5.41) is -0.327. The Balaban J connectivity index is 3.18. The number of sulfone groups is 1. The van der Waals surface area contributed by atoms with Crippen molar-refractivity contribution in [3.8, 4) is 0 Å². The maximum absolute atomic E-state index is 11.8. The fourth-order valence-corrected chi connectivity index (χ4v) is 2.10. The lowest BCUT2D eigenvalue weighted by Gasteiger charge is -2.09. The molecule has 0 radical (unpaired) electrons. The molecule has 7 nitrogen and oxygen atoms in total. The van der Waals surface area contributed by atoms with E-state index in [4.69, 9.17) is 0 Å². The van der Waals surface area contributed by atoms with E-state index in [-0.39, 0.29) is 22.1 Å². The summed E-state index contributed by atoms with van der Waals surface area (Å²) in [5.74, 6) is -1.04. The Morgan fingerprint density at radius 2 is 1.63 bits per heavy atom. The van der Waals surface area contributed by atoms with E-state index < -0.39 is 28.2 Å². The number of aromatic nitrogens is 2. The van der Waals surface area contributed by atoms with E-state index in [9.17, 15) is 18.0 Å². The molecule has 0 fully saturated rings. The highest BCUT2D eigenvalue weighted by Gasteiger charge is 2.20. The molecule has 8 heteroatoms. The number of esters is 1. The number of carbonyl (C=O) groups excluding carboxylic acids is 2. The van der Waals surface area contributed by atoms with Crippen molar-refractivity contribution in [2.24, 2.45) is 0 Å². The highest BCUT2D eigenvalue weighted by Crippen LogP contribution is 2.14. The summed E-state index contributed by atoms with van der Waals surface area (Å²) in [6.07, 6.45) is 0.988. The average Bonchev–Trinajstić information content (AvgIpc) is 2.24. The summed E-state index contributed by atoms with van der Waals surface area (Å²) >= 11 is 0. The minimum atomic E-state index is -3.53. The highest BCUT2D eigenvalue weighted by atomic mass is 32.2. The zero-order chi connectivity index (χ0) is 14.8. The van der Waals surface area contributed by atoms with Gasteiger partial charge in [-0.1, -0.05) is 0 Å². The predicted octanol–water partition coefficient (Wildman–Crippen LogP) is 0.243. The van der Waals surface area contributed by atoms with Gasteiger partial charge in [-0.15, -0.1) is 0 Å². The Labute approximate surface area is 110 Å². The number of hydrogen-bond acceptors (Lipinski definition) is 7. The molecule has 0 aliphatic heterocycles. The number of ketones is 1. The molecule has 104 valence electrons. The van der Waals surface area contributed by atoms with Gasteiger partial charge in [0.25, 0.3) is 0 Å². The van der Waals surface area contributed by atoms with Crippen LogP contribution >= 0.6 is 0 Å². The maximum atomic E-state index is 11.8. The molecule has 0 saturated carbocycles. The first-order valence-corrected chi connectivity index (χ1v) is 7.24. The van der Waals surface area contributed by atoms with Crippen molar-refractivity contribution >= 4 is 21.6 Å². The molecule has 19 heavy (non-hydrogen) atoms. The molecule has 0 aromatic carbocycles. The third-order valence-corrected chi connectivity index (χ3v) is 3.11. The summed E-state index contributed by atoms with van der Waals surface area (Å²) in [5.41, 5.74) is 0.656. The maximum Gasteiger partial charge on any atom is 0.303 e. The van der Waals surface area contributed by atoms with Crippen LogP contribution in [-0.2, 0) is 19.4 Å². The van der Waals surface area contributed by atoms with Crippen molar-refractivity contribution in [3.05, 3.63) is 17.0 Å². The van der Waals surface area contributed by atoms with Crippen LogP contribution in [0.1, 0.15) is 28.7 Å². The Morgan fingerprint density at radius 1 is 1.16 bits per heavy atom. The summed E-state index contributed by atoms with van der Waals surface area (Å²) in [7, 11) is -3.53. The first-order valence-electron chi connectivity index (χ1n) is 5.34. The van der Waals surface area contributed by atoms with Crippen LogP contribution in [0, 0.1) is 13.8 Å². The molecule has 0 atom stereocenters. The van der Waals surface area contributed by atoms with Crippen LogP contribution in [0.15, 0.2) is 5.16 Å². The molecule has 0 aliphatic rings. The monoisotopic (exact) mass is 286 g/mol. The number of hydrogen-bond donors (Lipinski definition) is 0. The van der Waals surface area contributed by atoms with Gasteiger partial charge in [-0.05, 0) is 13.8 Å². The van der Waals surface area contributed by atoms with Crippen LogP contribution in [0.2, 0.25) is 0 Å². The molecule has 0 amide bonds. The molecule has 0 aliphatic carbocycles. The molecular formula is C11H14N2O5S. The van der Waals surface area contributed by atoms with Gasteiger partial charge >= 0.3 is 5.97 Å². The van der Waals surface area contributed by atoms with Gasteiger partial charge in [0, 0.05) is 13.2 Å². The van der Waals surface area contributed by atoms with Gasteiger partial charge in [-0.25, -0.2) is 18.4 Å². The molecule has 1 aromatic heterocycles. The molecular weight excluding hydrogens is 272 g/mol. The van der Waals surface area contributed by atoms with Crippen molar-refractivity contribution in [1.29, 1.82) is 0 Å². The van der Waals surface area contributed by atoms with E-state index in [2.05, 4.69) is 14.7 Å². The Bertz CT molecular complexity index is 613. The van der Waals surface area contributed by atoms with Gasteiger partial charge < -0.3 is 4.74 Å². The normalized spacial score (nSPS) is 11.2. The zero-order valence-corrected chi connectivity index (χ0v) is 11.9. The lowest BCUT2D eigenvalue weighted by atomic mass is 10.1. The SMILES string of the molecule is CC(=O)OCC(=O)c1c(C)nc(S(C)(=O)=O)nc1C. The minimum absolute atomic E-state index is 0.175. The van der Waals surface area contributed by atoms with E-state index >= 15 is 0 Å². The average molecular weight is 286 g/mol. The zero-order valence-electron chi connectivity index (χ0n) is 11.1. The van der Waals surface area contributed by atoms with Gasteiger partial charge in [0.1, 0.15) is 0 Å². The van der Waals surface area contributed by atoms with Gasteiger partial charge in [-0.2, -0.15) is 0 Å². The number of aryl methyl sites for hydroxylation is 2. The smallest absolute Gasteiger partial charge is 0.303 e. The largest absolute Gasteiger partial charge is 0.457 e. The Hall–Kier alpha value is -1.83. The van der Waals surface area contributed by atoms with Crippen LogP contribution in [-0.4, -0.2) is 43.0 Å². The fraction of sp³-hybridized carbons (Fsp3) is 0.455. The van der Waals surface area contributed by atoms with Crippen molar-refractivity contribution in [1.82, 2.24) is 9.97 Å². The second-order valence-electron chi connectivity index (χ2n) is 4.03. The molecule has 1 aromatic rings. The van der Waals surface area contributed by atoms with Crippen LogP contribution < -0.4 is 0 Å². The van der Waals surface area contributed by atoms with Gasteiger partial charge in [0.2, 0.25) is 20.8 Å². The summed E-state index contributed by atoms with van der Waals surface area (Å²) in [4.78, 5) is 30.1. The van der Waals surface area contributed by atoms with Crippen molar-refractivity contribution in [3.63, 3.8) is 0 Å². The van der Waals surface area contributed by atoms with Crippen molar-refractivity contribution < 1.29 is 22.7 Å². The first-order chi connectivity index (χ1) is 8.62. The molecule has 1 heterocycles. The van der Waals surface area contributed by atoms with Gasteiger partial charge in [-0.3, -0.25) is 9.59 Å². The highest BCUT2D eigenvalue weighted by molar-refractivity contribution is 7.90. The lowest BCUT2D eigenvalue weighted by molar-refractivity contribution is -0.139. The van der Waals surface area contributed by atoms with E-state index in [1.165, 1.54) is 20.8 Å². The molecule has 0 bridgehead atoms. The molecule has 0 spiro atoms. The standard InChI is InChI=1S/C11H14N2O5S/c1-6-10(9(15)5-18-8(3)14)7(2)13-11(12-6)19(4,16)17/h5H2,1-4H3. The second kappa shape index (κ2) is 5.43. The van der Waals surface area contributed by atoms with Crippen LogP contribution in [0.25, 0.3) is 0 Å². The first kappa shape index (κ1) is 15.2. The predicted molar refractivity (Wildman–Crippen MR) is 65.6 cm³/mol. The third-order valence-electron chi connectivity index (χ3n) is 2.27. The second-order valence-corrected chi connectivity index (χ2v) is 5.94. The number of Topliss-reactive ketones (excluding diaryl/α,β-unsaturated/α-hetero) is 1. The third kappa shape index (κ3) is 3.82. The van der Waals surface area contributed by atoms with Crippen molar-refractivity contribution in [2.75, 3.05) is 12.9 Å². The Kier molecular flexibility index (Phi) is 4.35. The van der Waals surface area contributed by atoms with Crippen LogP contribution in [0.4, 0.5) is 0 Å². The number of rotatable bonds is 4. The van der Waals surface area contributed by atoms with Crippen LogP contribution in [0.3, 0.4) is 0 Å². The van der Waals surface area contributed by atoms with E-state index in [1.807, 2.05) is 0 Å². The summed E-state index contributed by atoms with van der Waals surface area (Å²) in [6, 6.07) is 0. The number of nitrogens with zero attached hydrogens (tertiary/aromatic N) is 2. The van der Waals surface area contributed by atoms with E-state index in [0.717, 1.165) is 6.26 Å². The Morgan fingerprint density at radius 3 is 2.00 bits per heavy atom. The molecule has 0 unspecified atom stereocenters. The van der Waals surface area contributed by atoms with Crippen LogP contribution in [0.5, 0.6) is 0 Å². The topological polar surface area (TPSA) is 103 Å². The van der Waals surface area contributed by atoms with Crippen molar-refractivity contribution in [2.45, 2.75) is 25.9 Å². The van der Waals surface area contributed by atoms with E-state index in [1.54, 1.807) is 0 Å². The summed E-state index contributed by atoms with van der Waals surface area (Å²) < 4.78 is 27.3. The number of carbonyl (C=O) groups is 2. The van der Waals surface area contributed by atoms with Gasteiger partial charge in [0.15, 0.2) is 6.61 Å². The minimum Gasteiger partial charge on any atom is -0.457 e. The fourth-order valence-electron chi connectivity index (χ4n) is 1.49. The number of ether oxygens (including phenoxy) is 1. The molecule has 0 saturated heterocycles. The molecule has 1 rings (SSSR count). The van der Waals surface area contributed by atoms with E-state index in [0.29, 0.717) is 0 Å². The summed E-state index contributed by atoms with van der Waals surface area (Å²) in [6.45, 7) is 3.78. The lowest BCUT2D eigenvalue weighted by Crippen LogP contribution is -2.18. The quantitative estimate of drug-likeness (QED) is 0.443.